The SMILES string of the molecule is CC(C)(C)NCCc1ccc(O[C@H]2OC(CO)[C@H](O)C(O)[C@@H]2O)cc1. The van der Waals surface area contributed by atoms with Crippen molar-refractivity contribution in [3.05, 3.63) is 29.8 Å². The minimum Gasteiger partial charge on any atom is -0.462 e. The maximum absolute atomic E-state index is 9.98. The number of benzene rings is 1. The molecule has 0 bridgehead atoms. The van der Waals surface area contributed by atoms with Gasteiger partial charge in [-0.15, -0.1) is 0 Å². The quantitative estimate of drug-likeness (QED) is 0.480. The average Bonchev–Trinajstić information content (AvgIpc) is 2.56. The Morgan fingerprint density at radius 3 is 2.24 bits per heavy atom. The summed E-state index contributed by atoms with van der Waals surface area (Å²) in [6.45, 7) is 6.72. The molecule has 5 N–H and O–H groups in total. The first-order valence-electron chi connectivity index (χ1n) is 8.52. The van der Waals surface area contributed by atoms with Gasteiger partial charge < -0.3 is 35.2 Å². The van der Waals surface area contributed by atoms with E-state index in [9.17, 15) is 20.4 Å². The lowest BCUT2D eigenvalue weighted by Crippen LogP contribution is -2.60. The Kier molecular flexibility index (Phi) is 6.79. The Bertz CT molecular complexity index is 527. The van der Waals surface area contributed by atoms with E-state index < -0.39 is 37.3 Å². The lowest BCUT2D eigenvalue weighted by Gasteiger charge is -2.39. The van der Waals surface area contributed by atoms with E-state index in [1.807, 2.05) is 12.1 Å². The van der Waals surface area contributed by atoms with Crippen LogP contribution in [0, 0.1) is 0 Å². The summed E-state index contributed by atoms with van der Waals surface area (Å²) in [6, 6.07) is 7.36. The molecular weight excluding hydrogens is 326 g/mol. The Morgan fingerprint density at radius 2 is 1.68 bits per heavy atom. The molecule has 7 nitrogen and oxygen atoms in total. The molecule has 0 saturated carbocycles. The first-order valence-corrected chi connectivity index (χ1v) is 8.52. The molecule has 142 valence electrons. The van der Waals surface area contributed by atoms with Crippen LogP contribution < -0.4 is 10.1 Å². The zero-order valence-electron chi connectivity index (χ0n) is 14.9. The van der Waals surface area contributed by atoms with Gasteiger partial charge in [-0.25, -0.2) is 0 Å². The van der Waals surface area contributed by atoms with Gasteiger partial charge in [-0.1, -0.05) is 12.1 Å². The molecular formula is C18H29NO6. The highest BCUT2D eigenvalue weighted by atomic mass is 16.7. The third-order valence-electron chi connectivity index (χ3n) is 4.09. The van der Waals surface area contributed by atoms with Crippen LogP contribution in [0.15, 0.2) is 24.3 Å². The molecule has 1 aromatic carbocycles. The van der Waals surface area contributed by atoms with E-state index >= 15 is 0 Å². The number of rotatable bonds is 6. The third-order valence-corrected chi connectivity index (χ3v) is 4.09. The number of hydrogen-bond donors (Lipinski definition) is 5. The highest BCUT2D eigenvalue weighted by molar-refractivity contribution is 5.27. The number of aliphatic hydroxyl groups is 4. The van der Waals surface area contributed by atoms with Crippen LogP contribution in [0.2, 0.25) is 0 Å². The molecule has 1 aliphatic heterocycles. The normalized spacial score (nSPS) is 30.3. The number of aliphatic hydroxyl groups excluding tert-OH is 4. The molecule has 1 heterocycles. The maximum Gasteiger partial charge on any atom is 0.229 e. The fourth-order valence-electron chi connectivity index (χ4n) is 2.62. The van der Waals surface area contributed by atoms with Gasteiger partial charge in [0, 0.05) is 5.54 Å². The van der Waals surface area contributed by atoms with Gasteiger partial charge in [-0.2, -0.15) is 0 Å². The molecule has 7 heteroatoms. The van der Waals surface area contributed by atoms with Gasteiger partial charge >= 0.3 is 0 Å². The monoisotopic (exact) mass is 355 g/mol. The smallest absolute Gasteiger partial charge is 0.229 e. The molecule has 25 heavy (non-hydrogen) atoms. The minimum atomic E-state index is -1.45. The molecule has 1 saturated heterocycles. The van der Waals surface area contributed by atoms with Crippen molar-refractivity contribution in [3.63, 3.8) is 0 Å². The van der Waals surface area contributed by atoms with Gasteiger partial charge in [0.1, 0.15) is 30.2 Å². The van der Waals surface area contributed by atoms with Crippen molar-refractivity contribution in [2.75, 3.05) is 13.2 Å². The molecule has 1 aromatic rings. The largest absolute Gasteiger partial charge is 0.462 e. The third kappa shape index (κ3) is 5.64. The standard InChI is InChI=1S/C18H29NO6/c1-18(2,3)19-9-8-11-4-6-12(7-5-11)24-17-16(23)15(22)14(21)13(10-20)25-17/h4-7,13-17,19-23H,8-10H2,1-3H3/t13?,14-,15?,16-,17-/m0/s1. The summed E-state index contributed by atoms with van der Waals surface area (Å²) in [7, 11) is 0. The summed E-state index contributed by atoms with van der Waals surface area (Å²) in [5.74, 6) is 0.469. The molecule has 1 aliphatic rings. The van der Waals surface area contributed by atoms with E-state index in [1.54, 1.807) is 12.1 Å². The summed E-state index contributed by atoms with van der Waals surface area (Å²) in [5, 5.41) is 42.1. The van der Waals surface area contributed by atoms with E-state index in [4.69, 9.17) is 9.47 Å². The maximum atomic E-state index is 9.98. The van der Waals surface area contributed by atoms with Crippen LogP contribution in [0.1, 0.15) is 26.3 Å². The Balaban J connectivity index is 1.92. The van der Waals surface area contributed by atoms with Gasteiger partial charge in [-0.3, -0.25) is 0 Å². The van der Waals surface area contributed by atoms with Crippen LogP contribution in [-0.2, 0) is 11.2 Å². The van der Waals surface area contributed by atoms with Gasteiger partial charge in [0.15, 0.2) is 0 Å². The second-order valence-electron chi connectivity index (χ2n) is 7.39. The summed E-state index contributed by atoms with van der Waals surface area (Å²) >= 11 is 0. The lowest BCUT2D eigenvalue weighted by atomic mass is 9.99. The van der Waals surface area contributed by atoms with Crippen LogP contribution >= 0.6 is 0 Å². The van der Waals surface area contributed by atoms with Gasteiger partial charge in [0.05, 0.1) is 6.61 Å². The van der Waals surface area contributed by atoms with Crippen LogP contribution in [0.4, 0.5) is 0 Å². The Morgan fingerprint density at radius 1 is 1.04 bits per heavy atom. The first-order chi connectivity index (χ1) is 11.7. The lowest BCUT2D eigenvalue weighted by molar-refractivity contribution is -0.277. The molecule has 0 aromatic heterocycles. The Labute approximate surface area is 148 Å². The number of hydrogen-bond acceptors (Lipinski definition) is 7. The summed E-state index contributed by atoms with van der Waals surface area (Å²) in [4.78, 5) is 0. The second-order valence-corrected chi connectivity index (χ2v) is 7.39. The molecule has 0 aliphatic carbocycles. The van der Waals surface area contributed by atoms with Crippen molar-refractivity contribution in [2.24, 2.45) is 0 Å². The van der Waals surface area contributed by atoms with Gasteiger partial charge in [-0.05, 0) is 51.4 Å². The zero-order valence-corrected chi connectivity index (χ0v) is 14.9. The van der Waals surface area contributed by atoms with Crippen molar-refractivity contribution in [2.45, 2.75) is 63.4 Å². The van der Waals surface area contributed by atoms with Crippen LogP contribution in [0.3, 0.4) is 0 Å². The molecule has 1 fully saturated rings. The molecule has 0 spiro atoms. The number of nitrogens with one attached hydrogen (secondary N) is 1. The second kappa shape index (κ2) is 8.44. The molecule has 0 radical (unpaired) electrons. The van der Waals surface area contributed by atoms with E-state index in [-0.39, 0.29) is 5.54 Å². The summed E-state index contributed by atoms with van der Waals surface area (Å²) < 4.78 is 10.9. The minimum absolute atomic E-state index is 0.0756. The molecule has 2 rings (SSSR count). The van der Waals surface area contributed by atoms with Crippen molar-refractivity contribution in [3.8, 4) is 5.75 Å². The summed E-state index contributed by atoms with van der Waals surface area (Å²) in [5.41, 5.74) is 1.21. The molecule has 0 amide bonds. The highest BCUT2D eigenvalue weighted by Gasteiger charge is 2.44. The number of ether oxygens (including phenoxy) is 2. The van der Waals surface area contributed by atoms with E-state index in [0.29, 0.717) is 5.75 Å². The predicted octanol–water partition coefficient (Wildman–Crippen LogP) is -0.204. The zero-order chi connectivity index (χ0) is 18.6. The fourth-order valence-corrected chi connectivity index (χ4v) is 2.62. The van der Waals surface area contributed by atoms with Crippen LogP contribution in [0.25, 0.3) is 0 Å². The van der Waals surface area contributed by atoms with E-state index in [0.717, 1.165) is 18.5 Å². The fraction of sp³-hybridized carbons (Fsp3) is 0.667. The first kappa shape index (κ1) is 20.1. The van der Waals surface area contributed by atoms with Gasteiger partial charge in [0.2, 0.25) is 6.29 Å². The topological polar surface area (TPSA) is 111 Å². The summed E-state index contributed by atoms with van der Waals surface area (Å²) in [6.07, 6.45) is -5.52. The van der Waals surface area contributed by atoms with Crippen LogP contribution in [-0.4, -0.2) is 69.8 Å². The van der Waals surface area contributed by atoms with Gasteiger partial charge in [0.25, 0.3) is 0 Å². The molecule has 5 atom stereocenters. The van der Waals surface area contributed by atoms with Crippen LogP contribution in [0.5, 0.6) is 5.75 Å². The van der Waals surface area contributed by atoms with E-state index in [1.165, 1.54) is 0 Å². The predicted molar refractivity (Wildman–Crippen MR) is 92.3 cm³/mol. The van der Waals surface area contributed by atoms with Crippen molar-refractivity contribution in [1.29, 1.82) is 0 Å². The molecule has 2 unspecified atom stereocenters. The highest BCUT2D eigenvalue weighted by Crippen LogP contribution is 2.24. The van der Waals surface area contributed by atoms with Crippen molar-refractivity contribution >= 4 is 0 Å². The average molecular weight is 355 g/mol. The van der Waals surface area contributed by atoms with Crippen molar-refractivity contribution < 1.29 is 29.9 Å². The van der Waals surface area contributed by atoms with E-state index in [2.05, 4.69) is 26.1 Å². The Hall–Kier alpha value is -1.22. The van der Waals surface area contributed by atoms with Crippen molar-refractivity contribution in [1.82, 2.24) is 5.32 Å².